The molecular weight excluding hydrogens is 280 g/mol. The first-order valence-corrected chi connectivity index (χ1v) is 12.0. The zero-order valence-corrected chi connectivity index (χ0v) is 15.6. The quantitative estimate of drug-likeness (QED) is 0.175. The molecule has 0 bridgehead atoms. The van der Waals surface area contributed by atoms with Crippen molar-refractivity contribution in [2.75, 3.05) is 26.6 Å². The van der Waals surface area contributed by atoms with Crippen molar-refractivity contribution in [3.63, 3.8) is 0 Å². The van der Waals surface area contributed by atoms with Gasteiger partial charge in [-0.2, -0.15) is 0 Å². The summed E-state index contributed by atoms with van der Waals surface area (Å²) in [5.41, 5.74) is 1.30. The van der Waals surface area contributed by atoms with Gasteiger partial charge in [0.2, 0.25) is 0 Å². The monoisotopic (exact) mass is 314 g/mol. The largest absolute Gasteiger partial charge is 0.373 e. The van der Waals surface area contributed by atoms with E-state index in [4.69, 9.17) is 14.2 Å². The van der Waals surface area contributed by atoms with Gasteiger partial charge in [-0.05, 0) is 38.1 Å². The molecule has 1 heterocycles. The van der Waals surface area contributed by atoms with Gasteiger partial charge < -0.3 is 14.2 Å². The van der Waals surface area contributed by atoms with Gasteiger partial charge in [0.15, 0.2) is 0 Å². The fourth-order valence-corrected chi connectivity index (χ4v) is 2.90. The van der Waals surface area contributed by atoms with Crippen molar-refractivity contribution in [1.82, 2.24) is 0 Å². The maximum Gasteiger partial charge on any atom is 0.147 e. The molecule has 4 heteroatoms. The average molecular weight is 315 g/mol. The normalized spacial score (nSPS) is 20.6. The van der Waals surface area contributed by atoms with Crippen molar-refractivity contribution in [2.45, 2.75) is 64.9 Å². The van der Waals surface area contributed by atoms with Gasteiger partial charge in [0.25, 0.3) is 0 Å². The second kappa shape index (κ2) is 9.77. The first-order chi connectivity index (χ1) is 9.87. The van der Waals surface area contributed by atoms with Crippen LogP contribution in [0.2, 0.25) is 25.7 Å². The van der Waals surface area contributed by atoms with Crippen LogP contribution in [-0.4, -0.2) is 40.8 Å². The van der Waals surface area contributed by atoms with Crippen LogP contribution in [0.15, 0.2) is 11.6 Å². The third-order valence-electron chi connectivity index (χ3n) is 3.71. The van der Waals surface area contributed by atoms with Crippen LogP contribution in [0.3, 0.4) is 0 Å². The predicted octanol–water partition coefficient (Wildman–Crippen LogP) is 4.47. The van der Waals surface area contributed by atoms with E-state index in [9.17, 15) is 0 Å². The molecule has 2 atom stereocenters. The first kappa shape index (κ1) is 18.9. The van der Waals surface area contributed by atoms with E-state index >= 15 is 0 Å². The van der Waals surface area contributed by atoms with Gasteiger partial charge in [-0.15, -0.1) is 0 Å². The van der Waals surface area contributed by atoms with E-state index in [0.717, 1.165) is 25.6 Å². The van der Waals surface area contributed by atoms with Crippen molar-refractivity contribution < 1.29 is 14.2 Å². The molecule has 0 amide bonds. The summed E-state index contributed by atoms with van der Waals surface area (Å²) in [4.78, 5) is 0. The Kier molecular flexibility index (Phi) is 8.79. The molecule has 0 aromatic rings. The van der Waals surface area contributed by atoms with Crippen LogP contribution < -0.4 is 0 Å². The van der Waals surface area contributed by atoms with Crippen LogP contribution in [0.5, 0.6) is 0 Å². The molecule has 2 unspecified atom stereocenters. The third-order valence-corrected chi connectivity index (χ3v) is 5.42. The molecule has 1 saturated heterocycles. The lowest BCUT2D eigenvalue weighted by Crippen LogP contribution is -2.22. The number of ether oxygens (including phenoxy) is 3. The van der Waals surface area contributed by atoms with E-state index in [1.807, 2.05) is 0 Å². The van der Waals surface area contributed by atoms with Gasteiger partial charge in [0, 0.05) is 14.7 Å². The van der Waals surface area contributed by atoms with E-state index in [-0.39, 0.29) is 0 Å². The third kappa shape index (κ3) is 12.1. The van der Waals surface area contributed by atoms with Gasteiger partial charge >= 0.3 is 0 Å². The Morgan fingerprint density at radius 1 is 1.33 bits per heavy atom. The Morgan fingerprint density at radius 2 is 2.05 bits per heavy atom. The summed E-state index contributed by atoms with van der Waals surface area (Å²) in [6, 6.07) is 1.20. The molecule has 0 spiro atoms. The molecule has 0 radical (unpaired) electrons. The second-order valence-electron chi connectivity index (χ2n) is 7.61. The van der Waals surface area contributed by atoms with Crippen LogP contribution in [-0.2, 0) is 14.2 Å². The van der Waals surface area contributed by atoms with Crippen LogP contribution in [0.4, 0.5) is 0 Å². The standard InChI is InChI=1S/C17H34O3Si/c1-15(11-17-13-20-17)7-6-8-16(2)12-19-14-18-9-10-21(3,4)5/h8,15,17H,6-7,9-14H2,1-5H3/b16-8+. The number of allylic oxidation sites excluding steroid dienone is 1. The van der Waals surface area contributed by atoms with Gasteiger partial charge in [0.05, 0.1) is 19.3 Å². The molecule has 1 aliphatic rings. The molecule has 1 aliphatic heterocycles. The van der Waals surface area contributed by atoms with E-state index in [2.05, 4.69) is 39.6 Å². The zero-order chi connectivity index (χ0) is 15.7. The van der Waals surface area contributed by atoms with E-state index < -0.39 is 8.07 Å². The summed E-state index contributed by atoms with van der Waals surface area (Å²) in [5.74, 6) is 0.757. The van der Waals surface area contributed by atoms with Crippen molar-refractivity contribution in [3.05, 3.63) is 11.6 Å². The van der Waals surface area contributed by atoms with Crippen molar-refractivity contribution in [3.8, 4) is 0 Å². The molecule has 124 valence electrons. The zero-order valence-electron chi connectivity index (χ0n) is 14.6. The fourth-order valence-electron chi connectivity index (χ4n) is 2.14. The molecule has 0 N–H and O–H groups in total. The Labute approximate surface area is 132 Å². The molecule has 3 nitrogen and oxygen atoms in total. The lowest BCUT2D eigenvalue weighted by Gasteiger charge is -2.15. The minimum absolute atomic E-state index is 0.422. The van der Waals surface area contributed by atoms with Gasteiger partial charge in [-0.1, -0.05) is 38.2 Å². The summed E-state index contributed by atoms with van der Waals surface area (Å²) in [7, 11) is -0.976. The summed E-state index contributed by atoms with van der Waals surface area (Å²) >= 11 is 0. The maximum atomic E-state index is 5.55. The van der Waals surface area contributed by atoms with Crippen LogP contribution in [0.1, 0.15) is 33.1 Å². The SMILES string of the molecule is C/C(=C\CCC(C)CC1CO1)COCOCC[Si](C)(C)C. The molecular formula is C17H34O3Si. The second-order valence-corrected chi connectivity index (χ2v) is 13.2. The van der Waals surface area contributed by atoms with Crippen LogP contribution in [0.25, 0.3) is 0 Å². The van der Waals surface area contributed by atoms with Gasteiger partial charge in [-0.25, -0.2) is 0 Å². The summed E-state index contributed by atoms with van der Waals surface area (Å²) in [5, 5.41) is 0. The number of epoxide rings is 1. The number of hydrogen-bond acceptors (Lipinski definition) is 3. The van der Waals surface area contributed by atoms with Crippen molar-refractivity contribution in [1.29, 1.82) is 0 Å². The highest BCUT2D eigenvalue weighted by atomic mass is 28.3. The van der Waals surface area contributed by atoms with Gasteiger partial charge in [-0.3, -0.25) is 0 Å². The number of hydrogen-bond donors (Lipinski definition) is 0. The Bertz CT molecular complexity index is 306. The van der Waals surface area contributed by atoms with E-state index in [1.54, 1.807) is 0 Å². The molecule has 0 aliphatic carbocycles. The highest BCUT2D eigenvalue weighted by Crippen LogP contribution is 2.22. The smallest absolute Gasteiger partial charge is 0.147 e. The minimum atomic E-state index is -0.976. The Balaban J connectivity index is 1.94. The predicted molar refractivity (Wildman–Crippen MR) is 91.4 cm³/mol. The summed E-state index contributed by atoms with van der Waals surface area (Å²) < 4.78 is 16.3. The number of rotatable bonds is 12. The molecule has 1 fully saturated rings. The maximum absolute atomic E-state index is 5.55. The summed E-state index contributed by atoms with van der Waals surface area (Å²) in [6.07, 6.45) is 6.45. The average Bonchev–Trinajstić information content (AvgIpc) is 3.16. The highest BCUT2D eigenvalue weighted by molar-refractivity contribution is 6.76. The Morgan fingerprint density at radius 3 is 2.67 bits per heavy atom. The molecule has 0 aromatic carbocycles. The Hall–Kier alpha value is -0.163. The lowest BCUT2D eigenvalue weighted by molar-refractivity contribution is -0.0413. The van der Waals surface area contributed by atoms with Crippen LogP contribution >= 0.6 is 0 Å². The summed E-state index contributed by atoms with van der Waals surface area (Å²) in [6.45, 7) is 14.5. The molecule has 0 saturated carbocycles. The van der Waals surface area contributed by atoms with E-state index in [0.29, 0.717) is 19.5 Å². The van der Waals surface area contributed by atoms with Crippen LogP contribution in [0, 0.1) is 5.92 Å². The minimum Gasteiger partial charge on any atom is -0.373 e. The first-order valence-electron chi connectivity index (χ1n) is 8.29. The molecule has 21 heavy (non-hydrogen) atoms. The molecule has 0 aromatic heterocycles. The lowest BCUT2D eigenvalue weighted by atomic mass is 9.99. The van der Waals surface area contributed by atoms with Crippen molar-refractivity contribution in [2.24, 2.45) is 5.92 Å². The molecule has 1 rings (SSSR count). The van der Waals surface area contributed by atoms with Gasteiger partial charge in [0.1, 0.15) is 6.79 Å². The van der Waals surface area contributed by atoms with E-state index in [1.165, 1.54) is 24.5 Å². The fraction of sp³-hybridized carbons (Fsp3) is 0.882. The van der Waals surface area contributed by atoms with Crippen molar-refractivity contribution >= 4 is 8.07 Å². The topological polar surface area (TPSA) is 31.0 Å². The highest BCUT2D eigenvalue weighted by Gasteiger charge is 2.24.